The van der Waals surface area contributed by atoms with Gasteiger partial charge in [0, 0.05) is 24.7 Å². The first-order chi connectivity index (χ1) is 11.1. The maximum atomic E-state index is 12.8. The maximum Gasteiger partial charge on any atom is 0.268 e. The minimum absolute atomic E-state index is 0.0522. The fraction of sp³-hybridized carbons (Fsp3) is 0.211. The summed E-state index contributed by atoms with van der Waals surface area (Å²) < 4.78 is 5.94. The van der Waals surface area contributed by atoms with E-state index in [4.69, 9.17) is 10.5 Å². The molecular formula is C19H20N2O2. The Bertz CT molecular complexity index is 755. The Morgan fingerprint density at radius 1 is 1.30 bits per heavy atom. The number of hydrogen-bond acceptors (Lipinski definition) is 3. The van der Waals surface area contributed by atoms with Crippen LogP contribution in [0.25, 0.3) is 0 Å². The Kier molecular flexibility index (Phi) is 4.06. The predicted molar refractivity (Wildman–Crippen MR) is 92.7 cm³/mol. The number of rotatable bonds is 4. The van der Waals surface area contributed by atoms with E-state index in [1.165, 1.54) is 5.56 Å². The predicted octanol–water partition coefficient (Wildman–Crippen LogP) is 3.10. The van der Waals surface area contributed by atoms with Crippen LogP contribution >= 0.6 is 0 Å². The standard InChI is InChI=1S/C19H20N2O2/c1-3-9-21-16-8-7-15(20)12-17(16)23-18(19(21)22)11-14-6-4-5-13(2)10-14/h3-8,10,12,18H,1,9,11,20H2,2H3. The Morgan fingerprint density at radius 2 is 2.13 bits per heavy atom. The lowest BCUT2D eigenvalue weighted by Gasteiger charge is -2.34. The molecular weight excluding hydrogens is 288 g/mol. The Labute approximate surface area is 136 Å². The molecule has 0 bridgehead atoms. The van der Waals surface area contributed by atoms with Gasteiger partial charge in [0.25, 0.3) is 5.91 Å². The quantitative estimate of drug-likeness (QED) is 0.697. The van der Waals surface area contributed by atoms with Gasteiger partial charge in [0.15, 0.2) is 6.10 Å². The molecule has 0 saturated heterocycles. The summed E-state index contributed by atoms with van der Waals surface area (Å²) >= 11 is 0. The first-order valence-electron chi connectivity index (χ1n) is 7.62. The number of nitrogen functional groups attached to an aromatic ring is 1. The highest BCUT2D eigenvalue weighted by molar-refractivity contribution is 6.00. The lowest BCUT2D eigenvalue weighted by molar-refractivity contribution is -0.126. The van der Waals surface area contributed by atoms with E-state index in [2.05, 4.69) is 12.6 Å². The summed E-state index contributed by atoms with van der Waals surface area (Å²) in [4.78, 5) is 14.5. The molecule has 0 fully saturated rings. The smallest absolute Gasteiger partial charge is 0.268 e. The summed E-state index contributed by atoms with van der Waals surface area (Å²) in [7, 11) is 0. The first kappa shape index (κ1) is 15.2. The summed E-state index contributed by atoms with van der Waals surface area (Å²) in [5.41, 5.74) is 9.45. The monoisotopic (exact) mass is 308 g/mol. The molecule has 1 aliphatic heterocycles. The highest BCUT2D eigenvalue weighted by atomic mass is 16.5. The number of amides is 1. The van der Waals surface area contributed by atoms with Crippen molar-refractivity contribution >= 4 is 17.3 Å². The van der Waals surface area contributed by atoms with E-state index in [1.807, 2.05) is 31.2 Å². The van der Waals surface area contributed by atoms with E-state index in [0.717, 1.165) is 11.3 Å². The van der Waals surface area contributed by atoms with Crippen LogP contribution in [0.2, 0.25) is 0 Å². The van der Waals surface area contributed by atoms with Crippen molar-refractivity contribution in [2.24, 2.45) is 0 Å². The number of aryl methyl sites for hydroxylation is 1. The molecule has 0 spiro atoms. The molecule has 2 aromatic rings. The fourth-order valence-electron chi connectivity index (χ4n) is 2.84. The van der Waals surface area contributed by atoms with Gasteiger partial charge in [0.05, 0.1) is 5.69 Å². The molecule has 3 rings (SSSR count). The van der Waals surface area contributed by atoms with Crippen molar-refractivity contribution in [1.82, 2.24) is 0 Å². The molecule has 1 atom stereocenters. The molecule has 1 unspecified atom stereocenters. The van der Waals surface area contributed by atoms with E-state index >= 15 is 0 Å². The lowest BCUT2D eigenvalue weighted by Crippen LogP contribution is -2.47. The van der Waals surface area contributed by atoms with Gasteiger partial charge in [0.2, 0.25) is 0 Å². The van der Waals surface area contributed by atoms with E-state index in [1.54, 1.807) is 23.1 Å². The molecule has 0 radical (unpaired) electrons. The molecule has 1 amide bonds. The van der Waals surface area contributed by atoms with Crippen LogP contribution in [0.1, 0.15) is 11.1 Å². The van der Waals surface area contributed by atoms with Gasteiger partial charge in [-0.25, -0.2) is 0 Å². The highest BCUT2D eigenvalue weighted by Gasteiger charge is 2.33. The second-order valence-electron chi connectivity index (χ2n) is 5.76. The van der Waals surface area contributed by atoms with Crippen molar-refractivity contribution in [3.05, 3.63) is 66.2 Å². The molecule has 1 aliphatic rings. The largest absolute Gasteiger partial charge is 0.478 e. The second-order valence-corrected chi connectivity index (χ2v) is 5.76. The van der Waals surface area contributed by atoms with Crippen molar-refractivity contribution in [2.75, 3.05) is 17.2 Å². The Balaban J connectivity index is 1.93. The molecule has 0 aliphatic carbocycles. The van der Waals surface area contributed by atoms with Gasteiger partial charge in [-0.05, 0) is 24.6 Å². The second kappa shape index (κ2) is 6.16. The van der Waals surface area contributed by atoms with Gasteiger partial charge >= 0.3 is 0 Å². The van der Waals surface area contributed by atoms with Crippen LogP contribution in [-0.2, 0) is 11.2 Å². The Morgan fingerprint density at radius 3 is 2.87 bits per heavy atom. The average molecular weight is 308 g/mol. The summed E-state index contributed by atoms with van der Waals surface area (Å²) in [6, 6.07) is 13.5. The SMILES string of the molecule is C=CCN1C(=O)C(Cc2cccc(C)c2)Oc2cc(N)ccc21. The summed E-state index contributed by atoms with van der Waals surface area (Å²) in [6.45, 7) is 6.22. The van der Waals surface area contributed by atoms with Gasteiger partial charge in [-0.1, -0.05) is 35.9 Å². The highest BCUT2D eigenvalue weighted by Crippen LogP contribution is 2.36. The zero-order valence-electron chi connectivity index (χ0n) is 13.2. The van der Waals surface area contributed by atoms with E-state index < -0.39 is 6.10 Å². The van der Waals surface area contributed by atoms with Gasteiger partial charge < -0.3 is 15.4 Å². The van der Waals surface area contributed by atoms with Crippen molar-refractivity contribution in [3.8, 4) is 5.75 Å². The third-order valence-electron chi connectivity index (χ3n) is 3.90. The molecule has 0 saturated carbocycles. The zero-order chi connectivity index (χ0) is 16.4. The number of hydrogen-bond donors (Lipinski definition) is 1. The lowest BCUT2D eigenvalue weighted by atomic mass is 10.0. The van der Waals surface area contributed by atoms with Gasteiger partial charge in [-0.15, -0.1) is 6.58 Å². The minimum atomic E-state index is -0.550. The molecule has 2 N–H and O–H groups in total. The van der Waals surface area contributed by atoms with Crippen LogP contribution in [0.5, 0.6) is 5.75 Å². The average Bonchev–Trinajstić information content (AvgIpc) is 2.51. The molecule has 0 aromatic heterocycles. The van der Waals surface area contributed by atoms with Crippen molar-refractivity contribution in [3.63, 3.8) is 0 Å². The van der Waals surface area contributed by atoms with Crippen LogP contribution in [-0.4, -0.2) is 18.6 Å². The molecule has 2 aromatic carbocycles. The third-order valence-corrected chi connectivity index (χ3v) is 3.90. The Hall–Kier alpha value is -2.75. The van der Waals surface area contributed by atoms with Gasteiger partial charge in [0.1, 0.15) is 5.75 Å². The number of nitrogens with two attached hydrogens (primary N) is 1. The number of nitrogens with zero attached hydrogens (tertiary/aromatic N) is 1. The fourth-order valence-corrected chi connectivity index (χ4v) is 2.84. The summed E-state index contributed by atoms with van der Waals surface area (Å²) in [5.74, 6) is 0.591. The number of benzene rings is 2. The number of carbonyl (C=O) groups is 1. The maximum absolute atomic E-state index is 12.8. The van der Waals surface area contributed by atoms with Gasteiger partial charge in [-0.3, -0.25) is 4.79 Å². The van der Waals surface area contributed by atoms with Gasteiger partial charge in [-0.2, -0.15) is 0 Å². The third kappa shape index (κ3) is 3.06. The number of anilines is 2. The van der Waals surface area contributed by atoms with Crippen LogP contribution in [0.15, 0.2) is 55.1 Å². The van der Waals surface area contributed by atoms with Crippen LogP contribution < -0.4 is 15.4 Å². The van der Waals surface area contributed by atoms with Crippen molar-refractivity contribution < 1.29 is 9.53 Å². The summed E-state index contributed by atoms with van der Waals surface area (Å²) in [6.07, 6.45) is 1.70. The van der Waals surface area contributed by atoms with E-state index in [-0.39, 0.29) is 5.91 Å². The molecule has 23 heavy (non-hydrogen) atoms. The van der Waals surface area contributed by atoms with E-state index in [9.17, 15) is 4.79 Å². The number of ether oxygens (including phenoxy) is 1. The topological polar surface area (TPSA) is 55.6 Å². The van der Waals surface area contributed by atoms with E-state index in [0.29, 0.717) is 24.4 Å². The van der Waals surface area contributed by atoms with Crippen LogP contribution in [0, 0.1) is 6.92 Å². The van der Waals surface area contributed by atoms with Crippen molar-refractivity contribution in [2.45, 2.75) is 19.4 Å². The normalized spacial score (nSPS) is 16.7. The molecule has 4 nitrogen and oxygen atoms in total. The molecule has 118 valence electrons. The zero-order valence-corrected chi connectivity index (χ0v) is 13.2. The van der Waals surface area contributed by atoms with Crippen LogP contribution in [0.3, 0.4) is 0 Å². The molecule has 4 heteroatoms. The van der Waals surface area contributed by atoms with Crippen molar-refractivity contribution in [1.29, 1.82) is 0 Å². The number of fused-ring (bicyclic) bond motifs is 1. The van der Waals surface area contributed by atoms with Crippen LogP contribution in [0.4, 0.5) is 11.4 Å². The first-order valence-corrected chi connectivity index (χ1v) is 7.62. The molecule has 1 heterocycles. The summed E-state index contributed by atoms with van der Waals surface area (Å²) in [5, 5.41) is 0. The minimum Gasteiger partial charge on any atom is -0.478 e. The number of carbonyl (C=O) groups excluding carboxylic acids is 1.